The Morgan fingerprint density at radius 3 is 2.31 bits per heavy atom. The molecule has 2 aliphatic rings. The van der Waals surface area contributed by atoms with Crippen LogP contribution in [0.2, 0.25) is 0 Å². The Labute approximate surface area is 101 Å². The lowest BCUT2D eigenvalue weighted by atomic mass is 9.70. The lowest BCUT2D eigenvalue weighted by Gasteiger charge is -2.38. The summed E-state index contributed by atoms with van der Waals surface area (Å²) in [6, 6.07) is 0.834. The van der Waals surface area contributed by atoms with Crippen LogP contribution in [-0.2, 0) is 0 Å². The van der Waals surface area contributed by atoms with Crippen molar-refractivity contribution < 1.29 is 0 Å². The number of rotatable bonds is 3. The molecule has 1 N–H and O–H groups in total. The van der Waals surface area contributed by atoms with E-state index >= 15 is 0 Å². The van der Waals surface area contributed by atoms with Gasteiger partial charge in [-0.15, -0.1) is 0 Å². The quantitative estimate of drug-likeness (QED) is 0.763. The van der Waals surface area contributed by atoms with E-state index in [1.54, 1.807) is 0 Å². The molecule has 1 heteroatoms. The molecule has 0 bridgehead atoms. The minimum atomic E-state index is 0.834. The van der Waals surface area contributed by atoms with Crippen molar-refractivity contribution in [1.82, 2.24) is 5.32 Å². The zero-order chi connectivity index (χ0) is 11.4. The highest BCUT2D eigenvalue weighted by Crippen LogP contribution is 2.40. The summed E-state index contributed by atoms with van der Waals surface area (Å²) >= 11 is 0. The van der Waals surface area contributed by atoms with Crippen molar-refractivity contribution in [2.75, 3.05) is 6.54 Å². The summed E-state index contributed by atoms with van der Waals surface area (Å²) in [6.07, 6.45) is 11.9. The zero-order valence-electron chi connectivity index (χ0n) is 11.2. The van der Waals surface area contributed by atoms with Crippen LogP contribution in [0.4, 0.5) is 0 Å². The molecule has 0 amide bonds. The van der Waals surface area contributed by atoms with Crippen LogP contribution in [0.3, 0.4) is 0 Å². The van der Waals surface area contributed by atoms with Crippen molar-refractivity contribution in [3.63, 3.8) is 0 Å². The van der Waals surface area contributed by atoms with Gasteiger partial charge in [0.2, 0.25) is 0 Å². The maximum absolute atomic E-state index is 3.66. The lowest BCUT2D eigenvalue weighted by molar-refractivity contribution is 0.149. The molecular weight excluding hydrogens is 194 g/mol. The summed E-state index contributed by atoms with van der Waals surface area (Å²) in [5.74, 6) is 3.10. The minimum absolute atomic E-state index is 0.834. The first-order valence-electron chi connectivity index (χ1n) is 7.53. The Hall–Kier alpha value is -0.0400. The molecule has 2 fully saturated rings. The van der Waals surface area contributed by atoms with Crippen LogP contribution in [0.15, 0.2) is 0 Å². The average Bonchev–Trinajstić information content (AvgIpc) is 2.30. The first-order chi connectivity index (χ1) is 7.79. The zero-order valence-corrected chi connectivity index (χ0v) is 11.2. The number of hydrogen-bond donors (Lipinski definition) is 1. The fraction of sp³-hybridized carbons (Fsp3) is 1.00. The van der Waals surface area contributed by atoms with Crippen molar-refractivity contribution in [3.05, 3.63) is 0 Å². The second kappa shape index (κ2) is 6.05. The summed E-state index contributed by atoms with van der Waals surface area (Å²) in [5.41, 5.74) is 0. The Morgan fingerprint density at radius 2 is 1.62 bits per heavy atom. The van der Waals surface area contributed by atoms with Gasteiger partial charge in [0.05, 0.1) is 0 Å². The van der Waals surface area contributed by atoms with Crippen LogP contribution < -0.4 is 5.32 Å². The van der Waals surface area contributed by atoms with E-state index in [2.05, 4.69) is 19.2 Å². The highest BCUT2D eigenvalue weighted by Gasteiger charge is 2.30. The molecule has 94 valence electrons. The molecule has 4 unspecified atom stereocenters. The molecule has 2 aliphatic carbocycles. The van der Waals surface area contributed by atoms with Gasteiger partial charge in [-0.05, 0) is 43.6 Å². The van der Waals surface area contributed by atoms with E-state index in [1.807, 2.05) is 0 Å². The Balaban J connectivity index is 1.83. The van der Waals surface area contributed by atoms with Gasteiger partial charge in [-0.2, -0.15) is 0 Å². The van der Waals surface area contributed by atoms with E-state index in [0.29, 0.717) is 0 Å². The molecular formula is C15H29N. The first kappa shape index (κ1) is 12.4. The number of hydrogen-bond acceptors (Lipinski definition) is 1. The van der Waals surface area contributed by atoms with Crippen LogP contribution in [0.1, 0.15) is 65.2 Å². The molecule has 0 saturated heterocycles. The Kier molecular flexibility index (Phi) is 4.69. The predicted octanol–water partition coefficient (Wildman–Crippen LogP) is 3.98. The van der Waals surface area contributed by atoms with Gasteiger partial charge in [0.1, 0.15) is 0 Å². The second-order valence-corrected chi connectivity index (χ2v) is 6.21. The van der Waals surface area contributed by atoms with Gasteiger partial charge in [-0.3, -0.25) is 0 Å². The molecule has 0 radical (unpaired) electrons. The van der Waals surface area contributed by atoms with Crippen LogP contribution in [-0.4, -0.2) is 12.6 Å². The molecule has 0 spiro atoms. The van der Waals surface area contributed by atoms with Crippen LogP contribution in [0.5, 0.6) is 0 Å². The average molecular weight is 223 g/mol. The van der Waals surface area contributed by atoms with E-state index in [9.17, 15) is 0 Å². The van der Waals surface area contributed by atoms with Crippen LogP contribution in [0, 0.1) is 17.8 Å². The molecule has 0 aromatic carbocycles. The van der Waals surface area contributed by atoms with Crippen molar-refractivity contribution in [3.8, 4) is 0 Å². The standard InChI is InChI=1S/C15H29N/c1-3-16-15-9-5-8-14(11-15)13-7-4-6-12(2)10-13/h12-16H,3-11H2,1-2H3. The summed E-state index contributed by atoms with van der Waals surface area (Å²) in [7, 11) is 0. The van der Waals surface area contributed by atoms with E-state index in [4.69, 9.17) is 0 Å². The third kappa shape index (κ3) is 3.23. The minimum Gasteiger partial charge on any atom is -0.314 e. The maximum Gasteiger partial charge on any atom is 0.00696 e. The molecule has 0 aliphatic heterocycles. The van der Waals surface area contributed by atoms with Gasteiger partial charge in [0.25, 0.3) is 0 Å². The first-order valence-corrected chi connectivity index (χ1v) is 7.53. The molecule has 4 atom stereocenters. The Bertz CT molecular complexity index is 200. The summed E-state index contributed by atoms with van der Waals surface area (Å²) < 4.78 is 0. The SMILES string of the molecule is CCNC1CCCC(C2CCCC(C)C2)C1. The molecule has 1 nitrogen and oxygen atoms in total. The summed E-state index contributed by atoms with van der Waals surface area (Å²) in [5, 5.41) is 3.66. The van der Waals surface area contributed by atoms with Gasteiger partial charge >= 0.3 is 0 Å². The maximum atomic E-state index is 3.66. The van der Waals surface area contributed by atoms with Crippen molar-refractivity contribution in [1.29, 1.82) is 0 Å². The van der Waals surface area contributed by atoms with Gasteiger partial charge in [-0.25, -0.2) is 0 Å². The number of nitrogens with one attached hydrogen (secondary N) is 1. The fourth-order valence-corrected chi connectivity index (χ4v) is 4.04. The van der Waals surface area contributed by atoms with Crippen LogP contribution in [0.25, 0.3) is 0 Å². The van der Waals surface area contributed by atoms with Gasteiger partial charge in [0, 0.05) is 6.04 Å². The third-order valence-electron chi connectivity index (χ3n) is 4.85. The highest BCUT2D eigenvalue weighted by molar-refractivity contribution is 4.84. The lowest BCUT2D eigenvalue weighted by Crippen LogP contribution is -2.37. The molecule has 2 rings (SSSR count). The molecule has 2 saturated carbocycles. The molecule has 0 aromatic heterocycles. The molecule has 16 heavy (non-hydrogen) atoms. The highest BCUT2D eigenvalue weighted by atomic mass is 14.9. The van der Waals surface area contributed by atoms with E-state index < -0.39 is 0 Å². The monoisotopic (exact) mass is 223 g/mol. The van der Waals surface area contributed by atoms with Crippen molar-refractivity contribution in [2.24, 2.45) is 17.8 Å². The summed E-state index contributed by atoms with van der Waals surface area (Å²) in [6.45, 7) is 5.85. The largest absolute Gasteiger partial charge is 0.314 e. The van der Waals surface area contributed by atoms with Gasteiger partial charge < -0.3 is 5.32 Å². The topological polar surface area (TPSA) is 12.0 Å². The smallest absolute Gasteiger partial charge is 0.00696 e. The van der Waals surface area contributed by atoms with Crippen molar-refractivity contribution >= 4 is 0 Å². The van der Waals surface area contributed by atoms with E-state index in [-0.39, 0.29) is 0 Å². The van der Waals surface area contributed by atoms with Gasteiger partial charge in [0.15, 0.2) is 0 Å². The van der Waals surface area contributed by atoms with E-state index in [1.165, 1.54) is 51.4 Å². The van der Waals surface area contributed by atoms with Crippen LogP contribution >= 0.6 is 0 Å². The second-order valence-electron chi connectivity index (χ2n) is 6.21. The molecule has 0 aromatic rings. The predicted molar refractivity (Wildman–Crippen MR) is 70.5 cm³/mol. The molecule has 0 heterocycles. The fourth-order valence-electron chi connectivity index (χ4n) is 4.04. The third-order valence-corrected chi connectivity index (χ3v) is 4.85. The van der Waals surface area contributed by atoms with E-state index in [0.717, 1.165) is 30.3 Å². The van der Waals surface area contributed by atoms with Gasteiger partial charge in [-0.1, -0.05) is 46.0 Å². The summed E-state index contributed by atoms with van der Waals surface area (Å²) in [4.78, 5) is 0. The Morgan fingerprint density at radius 1 is 0.938 bits per heavy atom. The normalized spacial score (nSPS) is 40.9. The van der Waals surface area contributed by atoms with Crippen molar-refractivity contribution in [2.45, 2.75) is 71.3 Å².